The number of hydrogen-bond acceptors (Lipinski definition) is 4. The Balaban J connectivity index is 0.000000631. The summed E-state index contributed by atoms with van der Waals surface area (Å²) in [5.41, 5.74) is 3.83. The average Bonchev–Trinajstić information content (AvgIpc) is 3.08. The van der Waals surface area contributed by atoms with Crippen molar-refractivity contribution in [2.75, 3.05) is 0 Å². The number of carboxylic acids is 1. The molecule has 4 rings (SSSR count). The molecule has 31 heavy (non-hydrogen) atoms. The minimum Gasteiger partial charge on any atom is -0.481 e. The second kappa shape index (κ2) is 11.9. The molecule has 0 atom stereocenters. The molecule has 0 aromatic heterocycles. The molecule has 1 amide bonds. The summed E-state index contributed by atoms with van der Waals surface area (Å²) in [5, 5.41) is 10.0. The first kappa shape index (κ1) is 24.1. The van der Waals surface area contributed by atoms with Crippen LogP contribution in [-0.2, 0) is 14.3 Å². The number of amides is 1. The monoisotopic (exact) mass is 422 g/mol. The number of rotatable bonds is 3. The molecule has 1 saturated heterocycles. The summed E-state index contributed by atoms with van der Waals surface area (Å²) >= 11 is 0. The van der Waals surface area contributed by atoms with E-state index in [0.29, 0.717) is 5.69 Å². The molecule has 1 aliphatic rings. The average molecular weight is 422 g/mol. The summed E-state index contributed by atoms with van der Waals surface area (Å²) in [4.78, 5) is 25.3. The van der Waals surface area contributed by atoms with Crippen molar-refractivity contribution < 1.29 is 49.0 Å². The minimum atomic E-state index is -0.833. The Morgan fingerprint density at radius 3 is 2.19 bits per heavy atom. The number of ether oxygens (including phenoxy) is 1. The molecule has 0 saturated carbocycles. The summed E-state index contributed by atoms with van der Waals surface area (Å²) in [5.74, 6) is -0.919. The van der Waals surface area contributed by atoms with Gasteiger partial charge in [-0.15, -0.1) is 12.1 Å². The summed E-state index contributed by atoms with van der Waals surface area (Å²) in [7, 11) is 0. The van der Waals surface area contributed by atoms with E-state index in [4.69, 9.17) is 14.6 Å². The second-order valence-electron chi connectivity index (χ2n) is 6.25. The first-order valence-electron chi connectivity index (χ1n) is 9.12. The summed E-state index contributed by atoms with van der Waals surface area (Å²) in [6.07, 6.45) is 1.70. The van der Waals surface area contributed by atoms with E-state index in [1.807, 2.05) is 42.5 Å². The van der Waals surface area contributed by atoms with E-state index in [2.05, 4.69) is 28.5 Å². The molecule has 1 fully saturated rings. The van der Waals surface area contributed by atoms with Gasteiger partial charge in [-0.2, -0.15) is 18.2 Å². The number of aliphatic carboxylic acids is 1. The number of aliphatic imine (C=N–C) groups is 1. The Labute approximate surface area is 202 Å². The third-order valence-corrected chi connectivity index (χ3v) is 3.90. The van der Waals surface area contributed by atoms with Crippen molar-refractivity contribution in [3.8, 4) is 11.1 Å². The molecule has 0 aliphatic carbocycles. The third-order valence-electron chi connectivity index (χ3n) is 3.90. The predicted molar refractivity (Wildman–Crippen MR) is 115 cm³/mol. The smallest absolute Gasteiger partial charge is 0.481 e. The Hall–Kier alpha value is -3.19. The molecule has 0 unspecified atom stereocenters. The molecule has 3 aromatic rings. The van der Waals surface area contributed by atoms with Gasteiger partial charge in [0.1, 0.15) is 0 Å². The number of amidine groups is 1. The van der Waals surface area contributed by atoms with E-state index < -0.39 is 5.97 Å². The maximum atomic E-state index is 12.1. The molecule has 2 N–H and O–H groups in total. The van der Waals surface area contributed by atoms with E-state index in [1.165, 1.54) is 0 Å². The number of carboxylic acid groups (broad SMARTS) is 1. The molecule has 1 aliphatic heterocycles. The van der Waals surface area contributed by atoms with Gasteiger partial charge in [0, 0.05) is 6.92 Å². The van der Waals surface area contributed by atoms with Crippen molar-refractivity contribution in [2.45, 2.75) is 6.92 Å². The van der Waals surface area contributed by atoms with Gasteiger partial charge >= 0.3 is 35.6 Å². The first-order chi connectivity index (χ1) is 14.5. The molecule has 0 radical (unpaired) electrons. The van der Waals surface area contributed by atoms with Crippen molar-refractivity contribution >= 4 is 29.7 Å². The van der Waals surface area contributed by atoms with Crippen LogP contribution < -0.4 is 34.9 Å². The van der Waals surface area contributed by atoms with Crippen LogP contribution in [0.25, 0.3) is 17.2 Å². The Morgan fingerprint density at radius 1 is 1.00 bits per heavy atom. The molecule has 0 bridgehead atoms. The number of carbonyl (C=O) groups excluding carboxylic acids is 1. The fraction of sp³-hybridized carbons (Fsp3) is 0.0417. The quantitative estimate of drug-likeness (QED) is 0.380. The summed E-state index contributed by atoms with van der Waals surface area (Å²) in [6.45, 7) is 1.08. The Morgan fingerprint density at radius 2 is 1.58 bits per heavy atom. The molecule has 0 spiro atoms. The standard InChI is InChI=1S/C22H15N2O2.C2H4O2.Na/c25-21-20(26-22(24-21)23-19-9-5-2-6-10-19)15-16-11-13-18(14-12-16)17-7-3-1-4-8-17;1-2(3)4;/h1,3-15H,(H,23,24,25);1H3,(H,3,4);/q-1;;+1. The van der Waals surface area contributed by atoms with Crippen molar-refractivity contribution in [3.63, 3.8) is 0 Å². The van der Waals surface area contributed by atoms with Crippen LogP contribution >= 0.6 is 0 Å². The molecule has 6 nitrogen and oxygen atoms in total. The molecular formula is C24H19N2NaO4. The van der Waals surface area contributed by atoms with Crippen molar-refractivity contribution in [2.24, 2.45) is 4.99 Å². The zero-order valence-corrected chi connectivity index (χ0v) is 19.2. The van der Waals surface area contributed by atoms with Gasteiger partial charge in [0.2, 0.25) is 0 Å². The van der Waals surface area contributed by atoms with Crippen molar-refractivity contribution in [3.05, 3.63) is 96.3 Å². The van der Waals surface area contributed by atoms with Gasteiger partial charge < -0.3 is 9.84 Å². The van der Waals surface area contributed by atoms with E-state index >= 15 is 0 Å². The SMILES string of the molecule is CC(=O)O.O=C1NC(=Nc2cc[c-]cc2)OC1=Cc1ccc(-c2ccccc2)cc1.[Na+]. The molecule has 3 aromatic carbocycles. The zero-order chi connectivity index (χ0) is 21.3. The van der Waals surface area contributed by atoms with Gasteiger partial charge in [0.15, 0.2) is 5.76 Å². The van der Waals surface area contributed by atoms with Crippen LogP contribution in [0, 0.1) is 6.07 Å². The molecule has 150 valence electrons. The van der Waals surface area contributed by atoms with Gasteiger partial charge in [0.25, 0.3) is 11.9 Å². The largest absolute Gasteiger partial charge is 1.00 e. The summed E-state index contributed by atoms with van der Waals surface area (Å²) in [6, 6.07) is 28.2. The Kier molecular flexibility index (Phi) is 9.21. The van der Waals surface area contributed by atoms with Crippen LogP contribution in [0.1, 0.15) is 12.5 Å². The van der Waals surface area contributed by atoms with Crippen LogP contribution in [0.2, 0.25) is 0 Å². The van der Waals surface area contributed by atoms with E-state index in [9.17, 15) is 4.79 Å². The van der Waals surface area contributed by atoms with Crippen LogP contribution in [0.5, 0.6) is 0 Å². The van der Waals surface area contributed by atoms with Crippen molar-refractivity contribution in [1.29, 1.82) is 0 Å². The fourth-order valence-electron chi connectivity index (χ4n) is 2.60. The molecule has 1 heterocycles. The fourth-order valence-corrected chi connectivity index (χ4v) is 2.60. The van der Waals surface area contributed by atoms with Gasteiger partial charge in [-0.1, -0.05) is 54.6 Å². The number of carbonyl (C=O) groups is 2. The maximum Gasteiger partial charge on any atom is 1.00 e. The van der Waals surface area contributed by atoms with Gasteiger partial charge in [0.05, 0.1) is 0 Å². The van der Waals surface area contributed by atoms with Crippen molar-refractivity contribution in [1.82, 2.24) is 5.32 Å². The second-order valence-corrected chi connectivity index (χ2v) is 6.25. The number of nitrogens with zero attached hydrogens (tertiary/aromatic N) is 1. The van der Waals surface area contributed by atoms with Crippen LogP contribution in [0.4, 0.5) is 5.69 Å². The maximum absolute atomic E-state index is 12.1. The normalized spacial score (nSPS) is 14.7. The van der Waals surface area contributed by atoms with E-state index in [-0.39, 0.29) is 47.2 Å². The van der Waals surface area contributed by atoms with E-state index in [1.54, 1.807) is 30.3 Å². The van der Waals surface area contributed by atoms with Gasteiger partial charge in [-0.3, -0.25) is 14.9 Å². The Bertz CT molecular complexity index is 1080. The van der Waals surface area contributed by atoms with Gasteiger partial charge in [-0.05, 0) is 28.5 Å². The third kappa shape index (κ3) is 7.53. The van der Waals surface area contributed by atoms with Crippen LogP contribution in [0.15, 0.2) is 89.6 Å². The number of benzene rings is 3. The summed E-state index contributed by atoms with van der Waals surface area (Å²) < 4.78 is 5.54. The molecular weight excluding hydrogens is 403 g/mol. The predicted octanol–water partition coefficient (Wildman–Crippen LogP) is 1.42. The topological polar surface area (TPSA) is 88.0 Å². The van der Waals surface area contributed by atoms with Crippen LogP contribution in [0.3, 0.4) is 0 Å². The minimum absolute atomic E-state index is 0. The van der Waals surface area contributed by atoms with Crippen LogP contribution in [-0.4, -0.2) is 23.0 Å². The van der Waals surface area contributed by atoms with E-state index in [0.717, 1.165) is 23.6 Å². The first-order valence-corrected chi connectivity index (χ1v) is 9.12. The molecule has 7 heteroatoms. The number of nitrogens with one attached hydrogen (secondary N) is 1. The zero-order valence-electron chi connectivity index (χ0n) is 17.2. The number of hydrogen-bond donors (Lipinski definition) is 2. The van der Waals surface area contributed by atoms with Gasteiger partial charge in [-0.25, -0.2) is 4.99 Å².